The Morgan fingerprint density at radius 2 is 2.25 bits per heavy atom. The van der Waals surface area contributed by atoms with Crippen molar-refractivity contribution >= 4 is 12.2 Å². The number of aldehydes is 1. The summed E-state index contributed by atoms with van der Waals surface area (Å²) in [6.45, 7) is 7.76. The third-order valence-electron chi connectivity index (χ3n) is 2.52. The summed E-state index contributed by atoms with van der Waals surface area (Å²) in [5, 5.41) is 2.63. The molecule has 5 nitrogen and oxygen atoms in total. The topological polar surface area (TPSA) is 64.6 Å². The predicted molar refractivity (Wildman–Crippen MR) is 76.3 cm³/mol. The third kappa shape index (κ3) is 4.12. The van der Waals surface area contributed by atoms with Crippen molar-refractivity contribution in [1.82, 2.24) is 5.32 Å². The Morgan fingerprint density at radius 3 is 2.85 bits per heavy atom. The number of hydrogen-bond donors (Lipinski definition) is 1. The molecule has 0 heterocycles. The van der Waals surface area contributed by atoms with Gasteiger partial charge in [0.15, 0.2) is 23.9 Å². The molecular weight excluding hydrogens is 258 g/mol. The van der Waals surface area contributed by atoms with E-state index in [1.165, 1.54) is 0 Å². The first-order valence-corrected chi connectivity index (χ1v) is 6.40. The summed E-state index contributed by atoms with van der Waals surface area (Å²) >= 11 is 0. The van der Waals surface area contributed by atoms with Crippen molar-refractivity contribution < 1.29 is 19.1 Å². The van der Waals surface area contributed by atoms with Gasteiger partial charge in [-0.2, -0.15) is 0 Å². The molecule has 1 aromatic carbocycles. The van der Waals surface area contributed by atoms with Crippen LogP contribution in [0.2, 0.25) is 0 Å². The molecule has 1 aromatic rings. The average molecular weight is 277 g/mol. The fourth-order valence-corrected chi connectivity index (χ4v) is 1.57. The lowest BCUT2D eigenvalue weighted by Gasteiger charge is -2.18. The van der Waals surface area contributed by atoms with Gasteiger partial charge in [-0.05, 0) is 26.0 Å². The maximum absolute atomic E-state index is 11.8. The van der Waals surface area contributed by atoms with E-state index in [4.69, 9.17) is 9.47 Å². The first-order chi connectivity index (χ1) is 9.63. The Morgan fingerprint density at radius 1 is 1.50 bits per heavy atom. The van der Waals surface area contributed by atoms with Crippen LogP contribution in [-0.4, -0.2) is 31.4 Å². The summed E-state index contributed by atoms with van der Waals surface area (Å²) in [6.07, 6.45) is 1.51. The van der Waals surface area contributed by atoms with Crippen LogP contribution in [0.1, 0.15) is 24.2 Å². The van der Waals surface area contributed by atoms with E-state index in [-0.39, 0.29) is 11.7 Å². The fraction of sp³-hybridized carbons (Fsp3) is 0.333. The second-order valence-electron chi connectivity index (χ2n) is 4.02. The zero-order valence-electron chi connectivity index (χ0n) is 11.7. The monoisotopic (exact) mass is 277 g/mol. The molecule has 0 aliphatic carbocycles. The van der Waals surface area contributed by atoms with Crippen molar-refractivity contribution in [1.29, 1.82) is 0 Å². The molecule has 0 aromatic heterocycles. The molecule has 1 amide bonds. The van der Waals surface area contributed by atoms with Crippen molar-refractivity contribution in [3.05, 3.63) is 36.4 Å². The lowest BCUT2D eigenvalue weighted by Crippen LogP contribution is -2.36. The van der Waals surface area contributed by atoms with Crippen LogP contribution in [0.4, 0.5) is 0 Å². The minimum Gasteiger partial charge on any atom is -0.490 e. The Bertz CT molecular complexity index is 485. The van der Waals surface area contributed by atoms with E-state index in [9.17, 15) is 9.59 Å². The van der Waals surface area contributed by atoms with E-state index >= 15 is 0 Å². The Balaban J connectivity index is 2.91. The summed E-state index contributed by atoms with van der Waals surface area (Å²) < 4.78 is 11.0. The van der Waals surface area contributed by atoms with E-state index in [0.29, 0.717) is 30.8 Å². The van der Waals surface area contributed by atoms with Gasteiger partial charge < -0.3 is 14.8 Å². The van der Waals surface area contributed by atoms with Crippen LogP contribution in [0.5, 0.6) is 11.5 Å². The Hall–Kier alpha value is -2.30. The Kier molecular flexibility index (Phi) is 6.29. The molecule has 20 heavy (non-hydrogen) atoms. The van der Waals surface area contributed by atoms with Crippen LogP contribution in [0.15, 0.2) is 30.9 Å². The molecule has 1 N–H and O–H groups in total. The second kappa shape index (κ2) is 7.99. The normalized spacial score (nSPS) is 11.3. The van der Waals surface area contributed by atoms with Gasteiger partial charge >= 0.3 is 0 Å². The van der Waals surface area contributed by atoms with Gasteiger partial charge in [-0.25, -0.2) is 0 Å². The molecule has 1 atom stereocenters. The number of benzene rings is 1. The number of rotatable bonds is 8. The zero-order chi connectivity index (χ0) is 15.0. The van der Waals surface area contributed by atoms with Crippen LogP contribution in [-0.2, 0) is 4.79 Å². The third-order valence-corrected chi connectivity index (χ3v) is 2.52. The fourth-order valence-electron chi connectivity index (χ4n) is 1.57. The molecule has 0 aliphatic heterocycles. The molecular formula is C15H19NO4. The molecule has 5 heteroatoms. The van der Waals surface area contributed by atoms with Gasteiger partial charge in [0.1, 0.15) is 0 Å². The molecule has 1 unspecified atom stereocenters. The van der Waals surface area contributed by atoms with E-state index in [1.807, 2.05) is 6.92 Å². The first-order valence-electron chi connectivity index (χ1n) is 6.40. The predicted octanol–water partition coefficient (Wildman–Crippen LogP) is 1.97. The van der Waals surface area contributed by atoms with Gasteiger partial charge in [0.25, 0.3) is 5.91 Å². The average Bonchev–Trinajstić information content (AvgIpc) is 2.46. The molecule has 0 fully saturated rings. The lowest BCUT2D eigenvalue weighted by molar-refractivity contribution is -0.127. The standard InChI is InChI=1S/C15H19NO4/c1-4-9-16-15(18)11(3)20-14-12(10-17)7-6-8-13(14)19-5-2/h4,6-8,10-11H,1,5,9H2,2-3H3,(H,16,18). The number of amides is 1. The van der Waals surface area contributed by atoms with Crippen molar-refractivity contribution in [2.45, 2.75) is 20.0 Å². The quantitative estimate of drug-likeness (QED) is 0.583. The van der Waals surface area contributed by atoms with Crippen LogP contribution in [0.3, 0.4) is 0 Å². The maximum atomic E-state index is 11.8. The molecule has 0 saturated heterocycles. The second-order valence-corrected chi connectivity index (χ2v) is 4.02. The first kappa shape index (κ1) is 15.8. The number of nitrogens with one attached hydrogen (secondary N) is 1. The van der Waals surface area contributed by atoms with Crippen molar-refractivity contribution in [3.8, 4) is 11.5 Å². The van der Waals surface area contributed by atoms with Crippen molar-refractivity contribution in [2.24, 2.45) is 0 Å². The van der Waals surface area contributed by atoms with E-state index in [0.717, 1.165) is 0 Å². The van der Waals surface area contributed by atoms with Gasteiger partial charge in [0.2, 0.25) is 0 Å². The van der Waals surface area contributed by atoms with E-state index < -0.39 is 6.10 Å². The largest absolute Gasteiger partial charge is 0.490 e. The van der Waals surface area contributed by atoms with Gasteiger partial charge in [-0.3, -0.25) is 9.59 Å². The summed E-state index contributed by atoms with van der Waals surface area (Å²) in [7, 11) is 0. The minimum atomic E-state index is -0.741. The van der Waals surface area contributed by atoms with Crippen molar-refractivity contribution in [3.63, 3.8) is 0 Å². The van der Waals surface area contributed by atoms with Crippen LogP contribution >= 0.6 is 0 Å². The number of para-hydroxylation sites is 1. The van der Waals surface area contributed by atoms with Crippen LogP contribution in [0.25, 0.3) is 0 Å². The number of hydrogen-bond acceptors (Lipinski definition) is 4. The highest BCUT2D eigenvalue weighted by molar-refractivity contribution is 5.83. The van der Waals surface area contributed by atoms with E-state index in [2.05, 4.69) is 11.9 Å². The summed E-state index contributed by atoms with van der Waals surface area (Å²) in [6, 6.07) is 5.00. The highest BCUT2D eigenvalue weighted by Crippen LogP contribution is 2.31. The number of ether oxygens (including phenoxy) is 2. The SMILES string of the molecule is C=CCNC(=O)C(C)Oc1c(C=O)cccc1OCC. The zero-order valence-corrected chi connectivity index (χ0v) is 11.7. The molecule has 0 bridgehead atoms. The minimum absolute atomic E-state index is 0.283. The molecule has 0 radical (unpaired) electrons. The van der Waals surface area contributed by atoms with Gasteiger partial charge in [-0.1, -0.05) is 12.1 Å². The molecule has 1 rings (SSSR count). The number of carbonyl (C=O) groups excluding carboxylic acids is 2. The van der Waals surface area contributed by atoms with Gasteiger partial charge in [0.05, 0.1) is 12.2 Å². The Labute approximate surface area is 118 Å². The molecule has 108 valence electrons. The number of carbonyl (C=O) groups is 2. The van der Waals surface area contributed by atoms with Gasteiger partial charge in [-0.15, -0.1) is 6.58 Å². The maximum Gasteiger partial charge on any atom is 0.261 e. The molecule has 0 saturated carbocycles. The molecule has 0 spiro atoms. The van der Waals surface area contributed by atoms with E-state index in [1.54, 1.807) is 31.2 Å². The van der Waals surface area contributed by atoms with Crippen LogP contribution in [0, 0.1) is 0 Å². The highest BCUT2D eigenvalue weighted by Gasteiger charge is 2.18. The van der Waals surface area contributed by atoms with Gasteiger partial charge in [0, 0.05) is 6.54 Å². The highest BCUT2D eigenvalue weighted by atomic mass is 16.5. The summed E-state index contributed by atoms with van der Waals surface area (Å²) in [5.41, 5.74) is 0.347. The smallest absolute Gasteiger partial charge is 0.261 e. The lowest BCUT2D eigenvalue weighted by atomic mass is 10.2. The molecule has 0 aliphatic rings. The van der Waals surface area contributed by atoms with Crippen LogP contribution < -0.4 is 14.8 Å². The summed E-state index contributed by atoms with van der Waals surface area (Å²) in [5.74, 6) is 0.444. The van der Waals surface area contributed by atoms with Crippen molar-refractivity contribution in [2.75, 3.05) is 13.2 Å². The summed E-state index contributed by atoms with van der Waals surface area (Å²) in [4.78, 5) is 22.8.